The molecule has 0 saturated heterocycles. The van der Waals surface area contributed by atoms with Gasteiger partial charge in [0, 0.05) is 12.6 Å². The van der Waals surface area contributed by atoms with Crippen LogP contribution in [-0.4, -0.2) is 30.7 Å². The molecule has 0 aliphatic carbocycles. The van der Waals surface area contributed by atoms with Gasteiger partial charge in [0.2, 0.25) is 0 Å². The van der Waals surface area contributed by atoms with E-state index in [4.69, 9.17) is 4.74 Å². The Morgan fingerprint density at radius 1 is 1.42 bits per heavy atom. The Bertz CT molecular complexity index is 383. The fraction of sp³-hybridized carbons (Fsp3) is 0.625. The van der Waals surface area contributed by atoms with Crippen molar-refractivity contribution < 1.29 is 4.74 Å². The van der Waals surface area contributed by atoms with Crippen LogP contribution in [0, 0.1) is 0 Å². The molecule has 2 atom stereocenters. The number of benzene rings is 1. The van der Waals surface area contributed by atoms with E-state index in [2.05, 4.69) is 43.4 Å². The van der Waals surface area contributed by atoms with Gasteiger partial charge in [-0.3, -0.25) is 0 Å². The lowest BCUT2D eigenvalue weighted by Gasteiger charge is -2.27. The van der Waals surface area contributed by atoms with Gasteiger partial charge in [-0.1, -0.05) is 31.2 Å². The summed E-state index contributed by atoms with van der Waals surface area (Å²) in [5.41, 5.74) is 2.83. The number of hydrogen-bond donors (Lipinski definition) is 1. The second-order valence-electron chi connectivity index (χ2n) is 5.10. The van der Waals surface area contributed by atoms with Gasteiger partial charge in [0.25, 0.3) is 0 Å². The van der Waals surface area contributed by atoms with Gasteiger partial charge in [-0.05, 0) is 42.4 Å². The summed E-state index contributed by atoms with van der Waals surface area (Å²) in [5.74, 6) is 2.46. The molecule has 2 rings (SSSR count). The van der Waals surface area contributed by atoms with Crippen molar-refractivity contribution in [2.24, 2.45) is 0 Å². The monoisotopic (exact) mass is 279 g/mol. The van der Waals surface area contributed by atoms with Gasteiger partial charge in [-0.25, -0.2) is 0 Å². The van der Waals surface area contributed by atoms with Crippen molar-refractivity contribution in [2.45, 2.75) is 38.8 Å². The van der Waals surface area contributed by atoms with Crippen LogP contribution in [0.4, 0.5) is 0 Å². The molecule has 0 amide bonds. The van der Waals surface area contributed by atoms with Crippen molar-refractivity contribution in [3.05, 3.63) is 35.4 Å². The summed E-state index contributed by atoms with van der Waals surface area (Å²) in [5, 5.41) is 3.61. The molecule has 0 radical (unpaired) electrons. The first kappa shape index (κ1) is 14.9. The second-order valence-corrected chi connectivity index (χ2v) is 6.50. The molecule has 106 valence electrons. The molecule has 2 unspecified atom stereocenters. The highest BCUT2D eigenvalue weighted by molar-refractivity contribution is 7.99. The number of thioether (sulfide) groups is 1. The van der Waals surface area contributed by atoms with E-state index in [1.54, 1.807) is 0 Å². The lowest BCUT2D eigenvalue weighted by Crippen LogP contribution is -2.33. The largest absolute Gasteiger partial charge is 0.372 e. The first-order valence-corrected chi connectivity index (χ1v) is 8.47. The van der Waals surface area contributed by atoms with Crippen LogP contribution in [0.3, 0.4) is 0 Å². The average molecular weight is 279 g/mol. The summed E-state index contributed by atoms with van der Waals surface area (Å²) in [6.07, 6.45) is 2.51. The second kappa shape index (κ2) is 7.93. The van der Waals surface area contributed by atoms with Crippen LogP contribution < -0.4 is 5.32 Å². The molecule has 0 saturated carbocycles. The molecule has 1 aliphatic heterocycles. The van der Waals surface area contributed by atoms with Crippen LogP contribution in [0.2, 0.25) is 0 Å². The molecule has 0 spiro atoms. The summed E-state index contributed by atoms with van der Waals surface area (Å²) in [6, 6.07) is 9.24. The molecule has 2 nitrogen and oxygen atoms in total. The zero-order chi connectivity index (χ0) is 13.5. The Kier molecular flexibility index (Phi) is 6.21. The Labute approximate surface area is 121 Å². The molecule has 0 aromatic heterocycles. The van der Waals surface area contributed by atoms with Gasteiger partial charge in [0.05, 0.1) is 12.7 Å². The first-order chi connectivity index (χ1) is 9.31. The third-order valence-corrected chi connectivity index (χ3v) is 4.58. The zero-order valence-corrected chi connectivity index (χ0v) is 12.8. The lowest BCUT2D eigenvalue weighted by molar-refractivity contribution is 0.0409. The summed E-state index contributed by atoms with van der Waals surface area (Å²) < 4.78 is 5.91. The van der Waals surface area contributed by atoms with E-state index >= 15 is 0 Å². The Hall–Kier alpha value is -0.510. The van der Waals surface area contributed by atoms with Crippen molar-refractivity contribution in [1.82, 2.24) is 5.32 Å². The van der Waals surface area contributed by atoms with E-state index in [0.29, 0.717) is 6.04 Å². The van der Waals surface area contributed by atoms with E-state index in [-0.39, 0.29) is 6.10 Å². The highest BCUT2D eigenvalue weighted by Gasteiger charge is 2.20. The molecule has 1 aliphatic rings. The fourth-order valence-electron chi connectivity index (χ4n) is 2.46. The summed E-state index contributed by atoms with van der Waals surface area (Å²) in [7, 11) is 0. The van der Waals surface area contributed by atoms with Gasteiger partial charge >= 0.3 is 0 Å². The van der Waals surface area contributed by atoms with E-state index in [9.17, 15) is 0 Å². The topological polar surface area (TPSA) is 21.3 Å². The molecule has 0 bridgehead atoms. The van der Waals surface area contributed by atoms with Crippen LogP contribution in [0.5, 0.6) is 0 Å². The lowest BCUT2D eigenvalue weighted by atomic mass is 9.97. The van der Waals surface area contributed by atoms with Crippen molar-refractivity contribution in [3.8, 4) is 0 Å². The van der Waals surface area contributed by atoms with E-state index < -0.39 is 0 Å². The van der Waals surface area contributed by atoms with Crippen molar-refractivity contribution >= 4 is 11.8 Å². The Morgan fingerprint density at radius 3 is 3.11 bits per heavy atom. The number of nitrogens with one attached hydrogen (secondary N) is 1. The maximum absolute atomic E-state index is 5.91. The number of rotatable bonds is 7. The van der Waals surface area contributed by atoms with Gasteiger partial charge in [0.15, 0.2) is 0 Å². The number of hydrogen-bond acceptors (Lipinski definition) is 3. The average Bonchev–Trinajstić information content (AvgIpc) is 2.45. The van der Waals surface area contributed by atoms with Crippen LogP contribution in [-0.2, 0) is 11.2 Å². The van der Waals surface area contributed by atoms with E-state index in [0.717, 1.165) is 19.6 Å². The molecule has 3 heteroatoms. The summed E-state index contributed by atoms with van der Waals surface area (Å²) >= 11 is 2.02. The number of ether oxygens (including phenoxy) is 1. The van der Waals surface area contributed by atoms with E-state index in [1.807, 2.05) is 11.8 Å². The Morgan fingerprint density at radius 2 is 2.26 bits per heavy atom. The number of fused-ring (bicyclic) bond motifs is 1. The highest BCUT2D eigenvalue weighted by Crippen LogP contribution is 2.26. The maximum atomic E-state index is 5.91. The van der Waals surface area contributed by atoms with Crippen molar-refractivity contribution in [1.29, 1.82) is 0 Å². The predicted octanol–water partition coefficient (Wildman–Crippen LogP) is 3.42. The van der Waals surface area contributed by atoms with Gasteiger partial charge < -0.3 is 10.1 Å². The zero-order valence-electron chi connectivity index (χ0n) is 12.0. The molecule has 1 heterocycles. The fourth-order valence-corrected chi connectivity index (χ4v) is 3.27. The summed E-state index contributed by atoms with van der Waals surface area (Å²) in [6.45, 7) is 6.26. The maximum Gasteiger partial charge on any atom is 0.0952 e. The third-order valence-electron chi connectivity index (χ3n) is 3.64. The van der Waals surface area contributed by atoms with Crippen molar-refractivity contribution in [3.63, 3.8) is 0 Å². The SMILES string of the molecule is CCSCCC(C)NCC1OCCc2ccccc21. The Balaban J connectivity index is 1.80. The van der Waals surface area contributed by atoms with Crippen LogP contribution in [0.15, 0.2) is 24.3 Å². The highest BCUT2D eigenvalue weighted by atomic mass is 32.2. The quantitative estimate of drug-likeness (QED) is 0.773. The first-order valence-electron chi connectivity index (χ1n) is 7.31. The normalized spacial score (nSPS) is 20.0. The molecular formula is C16H25NOS. The summed E-state index contributed by atoms with van der Waals surface area (Å²) in [4.78, 5) is 0. The molecular weight excluding hydrogens is 254 g/mol. The minimum absolute atomic E-state index is 0.228. The van der Waals surface area contributed by atoms with E-state index in [1.165, 1.54) is 29.1 Å². The van der Waals surface area contributed by atoms with Gasteiger partial charge in [-0.15, -0.1) is 0 Å². The molecule has 19 heavy (non-hydrogen) atoms. The minimum Gasteiger partial charge on any atom is -0.372 e. The minimum atomic E-state index is 0.228. The third kappa shape index (κ3) is 4.51. The van der Waals surface area contributed by atoms with Gasteiger partial charge in [0.1, 0.15) is 0 Å². The predicted molar refractivity (Wildman–Crippen MR) is 83.9 cm³/mol. The van der Waals surface area contributed by atoms with Crippen LogP contribution in [0.25, 0.3) is 0 Å². The van der Waals surface area contributed by atoms with Crippen LogP contribution >= 0.6 is 11.8 Å². The molecule has 1 aromatic rings. The standard InChI is InChI=1S/C16H25NOS/c1-3-19-11-9-13(2)17-12-16-15-7-5-4-6-14(15)8-10-18-16/h4-7,13,16-17H,3,8-12H2,1-2H3. The molecule has 0 fully saturated rings. The van der Waals surface area contributed by atoms with Gasteiger partial charge in [-0.2, -0.15) is 11.8 Å². The smallest absolute Gasteiger partial charge is 0.0952 e. The molecule has 1 N–H and O–H groups in total. The van der Waals surface area contributed by atoms with Crippen LogP contribution in [0.1, 0.15) is 37.5 Å². The van der Waals surface area contributed by atoms with Crippen molar-refractivity contribution in [2.75, 3.05) is 24.7 Å². The molecule has 1 aromatic carbocycles.